The molecule has 3 heteroatoms. The molecule has 0 aromatic heterocycles. The summed E-state index contributed by atoms with van der Waals surface area (Å²) < 4.78 is 6.04. The average molecular weight is 369 g/mol. The van der Waals surface area contributed by atoms with Crippen LogP contribution in [-0.2, 0) is 16.0 Å². The summed E-state index contributed by atoms with van der Waals surface area (Å²) in [6.07, 6.45) is -0.0974. The Morgan fingerprint density at radius 3 is 2.00 bits per heavy atom. The number of hydrogen-bond donors (Lipinski definition) is 1. The van der Waals surface area contributed by atoms with Crippen molar-refractivity contribution in [1.82, 2.24) is 0 Å². The molecule has 0 heterocycles. The molecular formula is C24H32O3. The van der Waals surface area contributed by atoms with Gasteiger partial charge in [-0.05, 0) is 88.3 Å². The van der Waals surface area contributed by atoms with E-state index in [1.807, 2.05) is 27.7 Å². The van der Waals surface area contributed by atoms with Gasteiger partial charge in [0, 0.05) is 5.56 Å². The van der Waals surface area contributed by atoms with Crippen molar-refractivity contribution < 1.29 is 14.6 Å². The zero-order chi connectivity index (χ0) is 20.5. The van der Waals surface area contributed by atoms with Crippen LogP contribution in [0, 0.1) is 27.7 Å². The summed E-state index contributed by atoms with van der Waals surface area (Å²) in [7, 11) is 0. The van der Waals surface area contributed by atoms with Crippen molar-refractivity contribution in [2.75, 3.05) is 0 Å². The summed E-state index contributed by atoms with van der Waals surface area (Å²) in [6.45, 7) is 16.1. The highest BCUT2D eigenvalue weighted by molar-refractivity contribution is 5.83. The quantitative estimate of drug-likeness (QED) is 0.694. The third kappa shape index (κ3) is 4.41. The average Bonchev–Trinajstić information content (AvgIpc) is 2.57. The molecule has 2 rings (SSSR count). The fourth-order valence-electron chi connectivity index (χ4n) is 3.79. The fourth-order valence-corrected chi connectivity index (χ4v) is 3.79. The number of hydrogen-bond acceptors (Lipinski definition) is 2. The van der Waals surface area contributed by atoms with Gasteiger partial charge in [-0.15, -0.1) is 0 Å². The van der Waals surface area contributed by atoms with Crippen molar-refractivity contribution in [2.45, 2.75) is 73.5 Å². The Kier molecular flexibility index (Phi) is 6.16. The molecule has 2 aromatic rings. The molecule has 0 aliphatic heterocycles. The predicted molar refractivity (Wildman–Crippen MR) is 111 cm³/mol. The van der Waals surface area contributed by atoms with Crippen LogP contribution < -0.4 is 0 Å². The van der Waals surface area contributed by atoms with Gasteiger partial charge in [-0.3, -0.25) is 0 Å². The highest BCUT2D eigenvalue weighted by atomic mass is 16.5. The highest BCUT2D eigenvalue weighted by Crippen LogP contribution is 2.41. The Balaban J connectivity index is 2.89. The van der Waals surface area contributed by atoms with Gasteiger partial charge >= 0.3 is 5.97 Å². The van der Waals surface area contributed by atoms with Gasteiger partial charge in [0.1, 0.15) is 0 Å². The highest BCUT2D eigenvalue weighted by Gasteiger charge is 2.32. The number of rotatable bonds is 5. The lowest BCUT2D eigenvalue weighted by Gasteiger charge is -2.30. The van der Waals surface area contributed by atoms with Crippen molar-refractivity contribution in [2.24, 2.45) is 0 Å². The molecule has 0 aliphatic rings. The molecule has 1 unspecified atom stereocenters. The van der Waals surface area contributed by atoms with Crippen molar-refractivity contribution >= 4 is 5.97 Å². The van der Waals surface area contributed by atoms with Crippen LogP contribution in [0.15, 0.2) is 24.3 Å². The number of aryl methyl sites for hydroxylation is 1. The molecule has 1 atom stereocenters. The molecular weight excluding hydrogens is 336 g/mol. The topological polar surface area (TPSA) is 46.5 Å². The van der Waals surface area contributed by atoms with Crippen LogP contribution in [0.1, 0.15) is 67.2 Å². The summed E-state index contributed by atoms with van der Waals surface area (Å²) in [5, 5.41) is 10.0. The third-order valence-corrected chi connectivity index (χ3v) is 5.17. The lowest BCUT2D eigenvalue weighted by molar-refractivity contribution is -0.160. The Labute approximate surface area is 163 Å². The second-order valence-electron chi connectivity index (χ2n) is 8.31. The molecule has 27 heavy (non-hydrogen) atoms. The second-order valence-corrected chi connectivity index (χ2v) is 8.31. The molecule has 0 aliphatic carbocycles. The maximum absolute atomic E-state index is 12.2. The standard InChI is InChI=1S/C24H32O3/c1-9-19-15(3)16(4)21(22(23(25)26)27-24(6,7)8)20(17(19)5)18-12-10-14(2)11-13-18/h10-13,22H,9H2,1-8H3,(H,25,26). The van der Waals surface area contributed by atoms with Gasteiger partial charge in [0.15, 0.2) is 6.10 Å². The van der Waals surface area contributed by atoms with Crippen LogP contribution in [-0.4, -0.2) is 16.7 Å². The minimum Gasteiger partial charge on any atom is -0.479 e. The molecule has 2 aromatic carbocycles. The zero-order valence-electron chi connectivity index (χ0n) is 17.9. The van der Waals surface area contributed by atoms with Crippen LogP contribution in [0.4, 0.5) is 0 Å². The van der Waals surface area contributed by atoms with Crippen molar-refractivity contribution in [3.05, 3.63) is 57.6 Å². The van der Waals surface area contributed by atoms with E-state index in [1.54, 1.807) is 0 Å². The number of ether oxygens (including phenoxy) is 1. The minimum absolute atomic E-state index is 0.564. The molecule has 0 saturated heterocycles. The Morgan fingerprint density at radius 1 is 1.00 bits per heavy atom. The van der Waals surface area contributed by atoms with Gasteiger partial charge in [0.25, 0.3) is 0 Å². The maximum Gasteiger partial charge on any atom is 0.337 e. The van der Waals surface area contributed by atoms with E-state index in [9.17, 15) is 9.90 Å². The van der Waals surface area contributed by atoms with E-state index >= 15 is 0 Å². The first-order valence-corrected chi connectivity index (χ1v) is 9.58. The smallest absolute Gasteiger partial charge is 0.337 e. The van der Waals surface area contributed by atoms with E-state index in [0.717, 1.165) is 39.8 Å². The molecule has 0 amide bonds. The number of benzene rings is 2. The molecule has 0 fully saturated rings. The Morgan fingerprint density at radius 2 is 1.56 bits per heavy atom. The van der Waals surface area contributed by atoms with E-state index < -0.39 is 17.7 Å². The van der Waals surface area contributed by atoms with Gasteiger partial charge in [0.2, 0.25) is 0 Å². The van der Waals surface area contributed by atoms with E-state index in [-0.39, 0.29) is 0 Å². The van der Waals surface area contributed by atoms with Crippen LogP contribution in [0.5, 0.6) is 0 Å². The zero-order valence-corrected chi connectivity index (χ0v) is 17.9. The molecule has 0 bridgehead atoms. The lowest BCUT2D eigenvalue weighted by Crippen LogP contribution is -2.28. The molecule has 0 saturated carbocycles. The van der Waals surface area contributed by atoms with Crippen LogP contribution in [0.25, 0.3) is 11.1 Å². The number of carbonyl (C=O) groups is 1. The van der Waals surface area contributed by atoms with Gasteiger partial charge < -0.3 is 9.84 Å². The van der Waals surface area contributed by atoms with E-state index in [1.165, 1.54) is 11.1 Å². The van der Waals surface area contributed by atoms with Gasteiger partial charge in [-0.25, -0.2) is 4.79 Å². The molecule has 3 nitrogen and oxygen atoms in total. The first-order valence-electron chi connectivity index (χ1n) is 9.58. The van der Waals surface area contributed by atoms with E-state index in [4.69, 9.17) is 4.74 Å². The number of carboxylic acids is 1. The van der Waals surface area contributed by atoms with Crippen molar-refractivity contribution in [3.8, 4) is 11.1 Å². The SMILES string of the molecule is CCc1c(C)c(C)c(C(OC(C)(C)C)C(=O)O)c(-c2ccc(C)cc2)c1C. The fraction of sp³-hybridized carbons (Fsp3) is 0.458. The monoisotopic (exact) mass is 368 g/mol. The molecule has 1 N–H and O–H groups in total. The van der Waals surface area contributed by atoms with Crippen LogP contribution in [0.3, 0.4) is 0 Å². The number of aliphatic carboxylic acids is 1. The molecule has 146 valence electrons. The van der Waals surface area contributed by atoms with Crippen LogP contribution >= 0.6 is 0 Å². The minimum atomic E-state index is -1.01. The van der Waals surface area contributed by atoms with Gasteiger partial charge in [0.05, 0.1) is 5.60 Å². The Hall–Kier alpha value is -2.13. The molecule has 0 spiro atoms. The Bertz CT molecular complexity index is 840. The van der Waals surface area contributed by atoms with Crippen LogP contribution in [0.2, 0.25) is 0 Å². The first kappa shape index (κ1) is 21.2. The maximum atomic E-state index is 12.2. The second kappa shape index (κ2) is 7.85. The third-order valence-electron chi connectivity index (χ3n) is 5.17. The van der Waals surface area contributed by atoms with Gasteiger partial charge in [-0.1, -0.05) is 36.8 Å². The largest absolute Gasteiger partial charge is 0.479 e. The summed E-state index contributed by atoms with van der Waals surface area (Å²) in [5.41, 5.74) is 8.00. The molecule has 0 radical (unpaired) electrons. The van der Waals surface area contributed by atoms with Crippen molar-refractivity contribution in [1.29, 1.82) is 0 Å². The summed E-state index contributed by atoms with van der Waals surface area (Å²) >= 11 is 0. The summed E-state index contributed by atoms with van der Waals surface area (Å²) in [4.78, 5) is 12.2. The van der Waals surface area contributed by atoms with Crippen molar-refractivity contribution in [3.63, 3.8) is 0 Å². The van der Waals surface area contributed by atoms with E-state index in [2.05, 4.69) is 52.0 Å². The summed E-state index contributed by atoms with van der Waals surface area (Å²) in [6, 6.07) is 8.29. The van der Waals surface area contributed by atoms with E-state index in [0.29, 0.717) is 0 Å². The number of carboxylic acid groups (broad SMARTS) is 1. The van der Waals surface area contributed by atoms with Gasteiger partial charge in [-0.2, -0.15) is 0 Å². The normalized spacial score (nSPS) is 12.9. The predicted octanol–water partition coefficient (Wildman–Crippen LogP) is 6.09. The summed E-state index contributed by atoms with van der Waals surface area (Å²) in [5.74, 6) is -0.954. The lowest BCUT2D eigenvalue weighted by atomic mass is 9.82. The first-order chi connectivity index (χ1) is 12.5.